The molecule has 1 saturated heterocycles. The van der Waals surface area contributed by atoms with E-state index in [9.17, 15) is 4.79 Å². The Kier molecular flexibility index (Phi) is 5.28. The van der Waals surface area contributed by atoms with E-state index in [-0.39, 0.29) is 11.9 Å². The Hall–Kier alpha value is -2.51. The molecular weight excluding hydrogens is 376 g/mol. The Bertz CT molecular complexity index is 1020. The van der Waals surface area contributed by atoms with E-state index in [1.165, 1.54) is 6.33 Å². The summed E-state index contributed by atoms with van der Waals surface area (Å²) in [7, 11) is 0. The van der Waals surface area contributed by atoms with Gasteiger partial charge < -0.3 is 10.2 Å². The van der Waals surface area contributed by atoms with Gasteiger partial charge in [0.25, 0.3) is 5.78 Å². The highest BCUT2D eigenvalue weighted by molar-refractivity contribution is 6.31. The number of benzene rings is 1. The Labute approximate surface area is 168 Å². The number of halogens is 1. The minimum atomic E-state index is -0.0481. The summed E-state index contributed by atoms with van der Waals surface area (Å²) < 4.78 is 1.73. The van der Waals surface area contributed by atoms with E-state index in [1.807, 2.05) is 43.0 Å². The number of nitrogens with one attached hydrogen (secondary N) is 1. The summed E-state index contributed by atoms with van der Waals surface area (Å²) in [6, 6.07) is 7.70. The first-order valence-electron chi connectivity index (χ1n) is 9.46. The van der Waals surface area contributed by atoms with E-state index < -0.39 is 0 Å². The highest BCUT2D eigenvalue weighted by Gasteiger charge is 2.29. The molecule has 8 heteroatoms. The predicted octanol–water partition coefficient (Wildman–Crippen LogP) is 2.50. The molecule has 0 aliphatic carbocycles. The number of aryl methyl sites for hydroxylation is 2. The first-order valence-corrected chi connectivity index (χ1v) is 9.84. The van der Waals surface area contributed by atoms with Gasteiger partial charge in [-0.15, -0.1) is 0 Å². The number of carbonyl (C=O) groups is 1. The van der Waals surface area contributed by atoms with Crippen molar-refractivity contribution < 1.29 is 4.79 Å². The molecule has 1 fully saturated rings. The molecule has 0 radical (unpaired) electrons. The van der Waals surface area contributed by atoms with Crippen molar-refractivity contribution in [2.75, 3.05) is 19.6 Å². The van der Waals surface area contributed by atoms with Crippen molar-refractivity contribution >= 4 is 23.3 Å². The van der Waals surface area contributed by atoms with Crippen molar-refractivity contribution in [3.8, 4) is 0 Å². The second-order valence-corrected chi connectivity index (χ2v) is 7.47. The fraction of sp³-hybridized carbons (Fsp3) is 0.400. The summed E-state index contributed by atoms with van der Waals surface area (Å²) in [6.07, 6.45) is 2.54. The SMILES string of the molecule is Cc1nc2ncnn2c(C)c1CCC(=O)N1CCNCC1c1ccccc1Cl. The number of hydrogen-bond donors (Lipinski definition) is 1. The van der Waals surface area contributed by atoms with E-state index in [4.69, 9.17) is 11.6 Å². The molecule has 1 aromatic carbocycles. The lowest BCUT2D eigenvalue weighted by Gasteiger charge is -2.37. The fourth-order valence-corrected chi connectivity index (χ4v) is 4.18. The van der Waals surface area contributed by atoms with E-state index in [0.717, 1.165) is 29.1 Å². The van der Waals surface area contributed by atoms with Crippen LogP contribution in [0.3, 0.4) is 0 Å². The summed E-state index contributed by atoms with van der Waals surface area (Å²) in [5.41, 5.74) is 3.92. The van der Waals surface area contributed by atoms with Gasteiger partial charge in [-0.1, -0.05) is 29.8 Å². The molecular formula is C20H23ClN6O. The number of piperazine rings is 1. The van der Waals surface area contributed by atoms with Crippen LogP contribution in [0.15, 0.2) is 30.6 Å². The van der Waals surface area contributed by atoms with Gasteiger partial charge in [-0.2, -0.15) is 10.1 Å². The van der Waals surface area contributed by atoms with Crippen LogP contribution in [-0.2, 0) is 11.2 Å². The maximum Gasteiger partial charge on any atom is 0.252 e. The Balaban J connectivity index is 1.53. The summed E-state index contributed by atoms with van der Waals surface area (Å²) in [5, 5.41) is 8.29. The first kappa shape index (κ1) is 18.8. The molecule has 1 aliphatic heterocycles. The zero-order valence-electron chi connectivity index (χ0n) is 16.0. The molecule has 3 heterocycles. The van der Waals surface area contributed by atoms with Gasteiger partial charge in [0, 0.05) is 42.5 Å². The van der Waals surface area contributed by atoms with Crippen LogP contribution < -0.4 is 5.32 Å². The second-order valence-electron chi connectivity index (χ2n) is 7.06. The van der Waals surface area contributed by atoms with Crippen LogP contribution in [0, 0.1) is 13.8 Å². The normalized spacial score (nSPS) is 17.2. The third-order valence-electron chi connectivity index (χ3n) is 5.41. The van der Waals surface area contributed by atoms with Crippen LogP contribution in [0.5, 0.6) is 0 Å². The Morgan fingerprint density at radius 2 is 2.14 bits per heavy atom. The van der Waals surface area contributed by atoms with Crippen LogP contribution >= 0.6 is 11.6 Å². The number of nitrogens with zero attached hydrogens (tertiary/aromatic N) is 5. The van der Waals surface area contributed by atoms with Gasteiger partial charge in [0.2, 0.25) is 5.91 Å². The predicted molar refractivity (Wildman–Crippen MR) is 107 cm³/mol. The topological polar surface area (TPSA) is 75.4 Å². The number of fused-ring (bicyclic) bond motifs is 1. The lowest BCUT2D eigenvalue weighted by atomic mass is 10.0. The molecule has 0 bridgehead atoms. The number of rotatable bonds is 4. The van der Waals surface area contributed by atoms with Gasteiger partial charge in [-0.25, -0.2) is 9.50 Å². The van der Waals surface area contributed by atoms with Gasteiger partial charge in [-0.05, 0) is 37.5 Å². The maximum absolute atomic E-state index is 13.1. The summed E-state index contributed by atoms with van der Waals surface area (Å²) in [5.74, 6) is 0.717. The third kappa shape index (κ3) is 3.47. The number of aromatic nitrogens is 4. The molecule has 0 spiro atoms. The molecule has 0 saturated carbocycles. The summed E-state index contributed by atoms with van der Waals surface area (Å²) in [4.78, 5) is 23.7. The number of hydrogen-bond acceptors (Lipinski definition) is 5. The van der Waals surface area contributed by atoms with Crippen LogP contribution in [0.4, 0.5) is 0 Å². The van der Waals surface area contributed by atoms with E-state index >= 15 is 0 Å². The van der Waals surface area contributed by atoms with Crippen molar-refractivity contribution in [3.05, 3.63) is 58.1 Å². The number of amides is 1. The van der Waals surface area contributed by atoms with Gasteiger partial charge in [0.05, 0.1) is 6.04 Å². The fourth-order valence-electron chi connectivity index (χ4n) is 3.92. The second kappa shape index (κ2) is 7.85. The monoisotopic (exact) mass is 398 g/mol. The lowest BCUT2D eigenvalue weighted by molar-refractivity contribution is -0.134. The van der Waals surface area contributed by atoms with Crippen LogP contribution in [-0.4, -0.2) is 50.0 Å². The Morgan fingerprint density at radius 1 is 1.32 bits per heavy atom. The highest BCUT2D eigenvalue weighted by atomic mass is 35.5. The van der Waals surface area contributed by atoms with E-state index in [0.29, 0.717) is 36.7 Å². The van der Waals surface area contributed by atoms with Crippen molar-refractivity contribution in [1.29, 1.82) is 0 Å². The molecule has 146 valence electrons. The molecule has 2 aromatic heterocycles. The van der Waals surface area contributed by atoms with Crippen molar-refractivity contribution in [2.24, 2.45) is 0 Å². The third-order valence-corrected chi connectivity index (χ3v) is 5.75. The van der Waals surface area contributed by atoms with Crippen molar-refractivity contribution in [2.45, 2.75) is 32.7 Å². The Morgan fingerprint density at radius 3 is 2.96 bits per heavy atom. The molecule has 3 aromatic rings. The smallest absolute Gasteiger partial charge is 0.252 e. The van der Waals surface area contributed by atoms with Gasteiger partial charge in [0.1, 0.15) is 6.33 Å². The molecule has 1 unspecified atom stereocenters. The zero-order chi connectivity index (χ0) is 19.7. The molecule has 1 atom stereocenters. The van der Waals surface area contributed by atoms with E-state index in [2.05, 4.69) is 20.4 Å². The van der Waals surface area contributed by atoms with Crippen LogP contribution in [0.1, 0.15) is 35.0 Å². The quantitative estimate of drug-likeness (QED) is 0.730. The highest BCUT2D eigenvalue weighted by Crippen LogP contribution is 2.29. The van der Waals surface area contributed by atoms with Crippen LogP contribution in [0.2, 0.25) is 5.02 Å². The molecule has 28 heavy (non-hydrogen) atoms. The zero-order valence-corrected chi connectivity index (χ0v) is 16.8. The maximum atomic E-state index is 13.1. The van der Waals surface area contributed by atoms with Gasteiger partial charge in [-0.3, -0.25) is 4.79 Å². The van der Waals surface area contributed by atoms with Gasteiger partial charge >= 0.3 is 0 Å². The average Bonchev–Trinajstić information content (AvgIpc) is 3.16. The minimum Gasteiger partial charge on any atom is -0.333 e. The van der Waals surface area contributed by atoms with Gasteiger partial charge in [0.15, 0.2) is 0 Å². The number of carbonyl (C=O) groups excluding carboxylic acids is 1. The summed E-state index contributed by atoms with van der Waals surface area (Å²) >= 11 is 6.40. The van der Waals surface area contributed by atoms with Crippen molar-refractivity contribution in [1.82, 2.24) is 29.8 Å². The molecule has 1 N–H and O–H groups in total. The van der Waals surface area contributed by atoms with Crippen LogP contribution in [0.25, 0.3) is 5.78 Å². The summed E-state index contributed by atoms with van der Waals surface area (Å²) in [6.45, 7) is 6.12. The largest absolute Gasteiger partial charge is 0.333 e. The van der Waals surface area contributed by atoms with E-state index in [1.54, 1.807) is 4.52 Å². The molecule has 1 aliphatic rings. The average molecular weight is 399 g/mol. The standard InChI is InChI=1S/C20H23ClN6O/c1-13-15(14(2)27-20(25-13)23-12-24-27)7-8-19(28)26-10-9-22-11-18(26)16-5-3-4-6-17(16)21/h3-6,12,18,22H,7-11H2,1-2H3. The first-order chi connectivity index (χ1) is 13.6. The van der Waals surface area contributed by atoms with Crippen molar-refractivity contribution in [3.63, 3.8) is 0 Å². The lowest BCUT2D eigenvalue weighted by Crippen LogP contribution is -2.48. The molecule has 7 nitrogen and oxygen atoms in total. The minimum absolute atomic E-state index is 0.0481. The molecule has 4 rings (SSSR count). The molecule has 1 amide bonds.